The fraction of sp³-hybridized carbons (Fsp3) is 0.245. The summed E-state index contributed by atoms with van der Waals surface area (Å²) in [5, 5.41) is 15.2. The predicted octanol–water partition coefficient (Wildman–Crippen LogP) is 9.15. The average molecular weight is 773 g/mol. The van der Waals surface area contributed by atoms with Gasteiger partial charge >= 0.3 is 0 Å². The Balaban J connectivity index is 1.02. The van der Waals surface area contributed by atoms with Crippen LogP contribution in [0.15, 0.2) is 164 Å². The smallest absolute Gasteiger partial charge is 0.261 e. The van der Waals surface area contributed by atoms with Crippen LogP contribution in [-0.2, 0) is 9.96 Å². The van der Waals surface area contributed by atoms with Crippen molar-refractivity contribution >= 4 is 35.6 Å². The highest BCUT2D eigenvalue weighted by Crippen LogP contribution is 2.42. The number of benzene rings is 6. The van der Waals surface area contributed by atoms with Gasteiger partial charge in [-0.2, -0.15) is 0 Å². The van der Waals surface area contributed by atoms with Crippen LogP contribution in [0.3, 0.4) is 0 Å². The highest BCUT2D eigenvalue weighted by atomic mass is 28.4. The Bertz CT molecular complexity index is 2260. The van der Waals surface area contributed by atoms with Crippen LogP contribution in [0, 0.1) is 0 Å². The summed E-state index contributed by atoms with van der Waals surface area (Å²) in [5.41, 5.74) is 4.24. The zero-order valence-electron chi connectivity index (χ0n) is 33.4. The van der Waals surface area contributed by atoms with Crippen LogP contribution in [0.25, 0.3) is 11.0 Å². The number of ether oxygens (including phenoxy) is 1. The number of hydrogen-bond donors (Lipinski definition) is 1. The second-order valence-electron chi connectivity index (χ2n) is 15.6. The SMILES string of the molecule is COc1ccc(C(c2ccccc2)(c2ccccc2)n2nnc3cc(C(=O)NCCCCCCO[Si](c4ccccc4)(c4ccccc4)C(C)(C)C)ccc32)cc1. The molecule has 7 rings (SSSR count). The molecule has 8 heteroatoms. The van der Waals surface area contributed by atoms with Crippen LogP contribution in [0.5, 0.6) is 5.75 Å². The van der Waals surface area contributed by atoms with Gasteiger partial charge in [0.1, 0.15) is 16.8 Å². The molecule has 0 aliphatic carbocycles. The maximum Gasteiger partial charge on any atom is 0.261 e. The zero-order valence-corrected chi connectivity index (χ0v) is 34.4. The Kier molecular flexibility index (Phi) is 12.1. The lowest BCUT2D eigenvalue weighted by atomic mass is 9.77. The minimum Gasteiger partial charge on any atom is -0.497 e. The third-order valence-electron chi connectivity index (χ3n) is 11.0. The van der Waals surface area contributed by atoms with E-state index in [4.69, 9.17) is 14.4 Å². The van der Waals surface area contributed by atoms with Gasteiger partial charge in [-0.05, 0) is 75.3 Å². The second kappa shape index (κ2) is 17.5. The summed E-state index contributed by atoms with van der Waals surface area (Å²) in [7, 11) is -0.864. The van der Waals surface area contributed by atoms with Crippen molar-refractivity contribution in [2.24, 2.45) is 0 Å². The lowest BCUT2D eigenvalue weighted by Crippen LogP contribution is -2.66. The van der Waals surface area contributed by atoms with Gasteiger partial charge in [0.05, 0.1) is 12.6 Å². The third-order valence-corrected chi connectivity index (χ3v) is 16.1. The molecule has 0 saturated heterocycles. The Morgan fingerprint density at radius 2 is 1.18 bits per heavy atom. The summed E-state index contributed by atoms with van der Waals surface area (Å²) in [6, 6.07) is 56.1. The van der Waals surface area contributed by atoms with Crippen molar-refractivity contribution in [3.8, 4) is 5.75 Å². The van der Waals surface area contributed by atoms with Crippen molar-refractivity contribution in [2.45, 2.75) is 57.0 Å². The lowest BCUT2D eigenvalue weighted by Gasteiger charge is -2.43. The van der Waals surface area contributed by atoms with E-state index >= 15 is 0 Å². The number of carbonyl (C=O) groups is 1. The van der Waals surface area contributed by atoms with Gasteiger partial charge in [-0.3, -0.25) is 4.79 Å². The van der Waals surface area contributed by atoms with E-state index in [-0.39, 0.29) is 10.9 Å². The van der Waals surface area contributed by atoms with Crippen LogP contribution in [-0.4, -0.2) is 49.5 Å². The molecule has 0 fully saturated rings. The first-order valence-corrected chi connectivity index (χ1v) is 21.8. The molecular formula is C49H52N4O3Si. The number of unbranched alkanes of at least 4 members (excludes halogenated alkanes) is 3. The third kappa shape index (κ3) is 7.93. The van der Waals surface area contributed by atoms with Crippen molar-refractivity contribution < 1.29 is 14.0 Å². The normalized spacial score (nSPS) is 12.1. The van der Waals surface area contributed by atoms with E-state index in [1.165, 1.54) is 10.4 Å². The predicted molar refractivity (Wildman–Crippen MR) is 233 cm³/mol. The summed E-state index contributed by atoms with van der Waals surface area (Å²) in [6.07, 6.45) is 3.89. The molecule has 7 aromatic rings. The van der Waals surface area contributed by atoms with Gasteiger partial charge in [-0.15, -0.1) is 5.10 Å². The molecular weight excluding hydrogens is 721 g/mol. The Morgan fingerprint density at radius 3 is 1.72 bits per heavy atom. The number of rotatable bonds is 16. The fourth-order valence-electron chi connectivity index (χ4n) is 8.24. The topological polar surface area (TPSA) is 78.3 Å². The number of fused-ring (bicyclic) bond motifs is 1. The number of amides is 1. The Morgan fingerprint density at radius 1 is 0.649 bits per heavy atom. The molecule has 0 aliphatic rings. The maximum atomic E-state index is 13.4. The first kappa shape index (κ1) is 39.4. The number of nitrogens with one attached hydrogen (secondary N) is 1. The van der Waals surface area contributed by atoms with Crippen LogP contribution >= 0.6 is 0 Å². The number of methoxy groups -OCH3 is 1. The van der Waals surface area contributed by atoms with E-state index in [2.05, 4.69) is 128 Å². The van der Waals surface area contributed by atoms with Crippen LogP contribution in [0.2, 0.25) is 5.04 Å². The van der Waals surface area contributed by atoms with E-state index in [1.54, 1.807) is 7.11 Å². The van der Waals surface area contributed by atoms with Crippen molar-refractivity contribution in [1.82, 2.24) is 20.3 Å². The number of aromatic nitrogens is 3. The molecule has 1 aromatic heterocycles. The van der Waals surface area contributed by atoms with Crippen molar-refractivity contribution in [1.29, 1.82) is 0 Å². The van der Waals surface area contributed by atoms with E-state index < -0.39 is 13.9 Å². The molecule has 0 spiro atoms. The zero-order chi connectivity index (χ0) is 39.7. The van der Waals surface area contributed by atoms with Crippen molar-refractivity contribution in [3.05, 3.63) is 186 Å². The molecule has 1 heterocycles. The van der Waals surface area contributed by atoms with Crippen molar-refractivity contribution in [3.63, 3.8) is 0 Å². The minimum absolute atomic E-state index is 0.0410. The van der Waals surface area contributed by atoms with Crippen LogP contribution in [0.4, 0.5) is 0 Å². The van der Waals surface area contributed by atoms with Crippen molar-refractivity contribution in [2.75, 3.05) is 20.3 Å². The minimum atomic E-state index is -2.53. The average Bonchev–Trinajstić information content (AvgIpc) is 3.68. The summed E-state index contributed by atoms with van der Waals surface area (Å²) < 4.78 is 14.6. The maximum absolute atomic E-state index is 13.4. The van der Waals surface area contributed by atoms with E-state index in [9.17, 15) is 4.79 Å². The first-order chi connectivity index (χ1) is 27.8. The molecule has 0 unspecified atom stereocenters. The number of nitrogens with zero attached hydrogens (tertiary/aromatic N) is 3. The summed E-state index contributed by atoms with van der Waals surface area (Å²) in [5.74, 6) is 0.655. The first-order valence-electron chi connectivity index (χ1n) is 19.9. The largest absolute Gasteiger partial charge is 0.497 e. The van der Waals surface area contributed by atoms with E-state index in [0.29, 0.717) is 24.2 Å². The highest BCUT2D eigenvalue weighted by molar-refractivity contribution is 6.99. The van der Waals surface area contributed by atoms with E-state index in [1.807, 2.05) is 71.4 Å². The molecule has 0 aliphatic heterocycles. The molecule has 57 heavy (non-hydrogen) atoms. The van der Waals surface area contributed by atoms with E-state index in [0.717, 1.165) is 53.6 Å². The Labute approximate surface area is 337 Å². The number of carbonyl (C=O) groups excluding carboxylic acids is 1. The Hall–Kier alpha value is -5.83. The number of hydrogen-bond acceptors (Lipinski definition) is 5. The summed E-state index contributed by atoms with van der Waals surface area (Å²) in [6.45, 7) is 8.24. The molecule has 0 radical (unpaired) electrons. The standard InChI is InChI=1S/C49H52N4O3Si/c1-48(2,3)57(43-25-15-9-16-26-43,44-27-17-10-18-28-44)56-36-20-6-5-19-35-50-47(54)38-29-34-46-45(37-38)51-52-53(46)49(39-21-11-7-12-22-39,40-23-13-8-14-24-40)41-30-32-42(55-4)33-31-41/h7-18,21-34,37H,5-6,19-20,35-36H2,1-4H3,(H,50,54). The molecule has 7 nitrogen and oxygen atoms in total. The van der Waals surface area contributed by atoms with Gasteiger partial charge in [0.25, 0.3) is 14.2 Å². The quantitative estimate of drug-likeness (QED) is 0.0603. The van der Waals surface area contributed by atoms with Gasteiger partial charge in [-0.1, -0.05) is 172 Å². The van der Waals surface area contributed by atoms with Gasteiger partial charge in [0.2, 0.25) is 0 Å². The van der Waals surface area contributed by atoms with Crippen LogP contribution < -0.4 is 20.4 Å². The van der Waals surface area contributed by atoms with Crippen LogP contribution in [0.1, 0.15) is 73.5 Å². The van der Waals surface area contributed by atoms with Gasteiger partial charge in [0, 0.05) is 18.7 Å². The van der Waals surface area contributed by atoms with Gasteiger partial charge < -0.3 is 14.5 Å². The monoisotopic (exact) mass is 772 g/mol. The fourth-order valence-corrected chi connectivity index (χ4v) is 12.8. The van der Waals surface area contributed by atoms with Gasteiger partial charge in [-0.25, -0.2) is 4.68 Å². The molecule has 0 atom stereocenters. The summed E-state index contributed by atoms with van der Waals surface area (Å²) >= 11 is 0. The molecule has 6 aromatic carbocycles. The molecule has 0 saturated carbocycles. The molecule has 290 valence electrons. The van der Waals surface area contributed by atoms with Gasteiger partial charge in [0.15, 0.2) is 0 Å². The molecule has 1 amide bonds. The molecule has 1 N–H and O–H groups in total. The molecule has 0 bridgehead atoms. The lowest BCUT2D eigenvalue weighted by molar-refractivity contribution is 0.0953. The second-order valence-corrected chi connectivity index (χ2v) is 19.9. The summed E-state index contributed by atoms with van der Waals surface area (Å²) in [4.78, 5) is 13.4. The highest BCUT2D eigenvalue weighted by Gasteiger charge is 2.50.